The number of nitrogens with zero attached hydrogens (tertiary/aromatic N) is 5. The Bertz CT molecular complexity index is 1270. The largest absolute Gasteiger partial charge is 0.462 e. The fraction of sp³-hybridized carbons (Fsp3) is 0.217. The van der Waals surface area contributed by atoms with Gasteiger partial charge in [0.15, 0.2) is 11.2 Å². The standard InChI is InChI=1S/C23H22N6O3S/c1-3-32-23(31)17-8-10-18(11-9-17)26-19(30)13-33-22-20-21(24-14-25-22)29(28-27-20)12-16-6-4-15(2)5-7-16/h4-11,14H,3,12-13H2,1-2H3,(H,26,30). The van der Waals surface area contributed by atoms with Crippen molar-refractivity contribution in [3.63, 3.8) is 0 Å². The van der Waals surface area contributed by atoms with E-state index >= 15 is 0 Å². The Hall–Kier alpha value is -3.79. The monoisotopic (exact) mass is 462 g/mol. The van der Waals surface area contributed by atoms with Crippen LogP contribution < -0.4 is 5.32 Å². The number of amides is 1. The summed E-state index contributed by atoms with van der Waals surface area (Å²) in [4.78, 5) is 32.7. The first-order valence-corrected chi connectivity index (χ1v) is 11.3. The molecule has 2 aromatic carbocycles. The Morgan fingerprint density at radius 2 is 1.82 bits per heavy atom. The van der Waals surface area contributed by atoms with Gasteiger partial charge in [-0.05, 0) is 43.7 Å². The molecule has 4 rings (SSSR count). The average Bonchev–Trinajstić information content (AvgIpc) is 3.23. The predicted molar refractivity (Wildman–Crippen MR) is 125 cm³/mol. The number of hydrogen-bond acceptors (Lipinski definition) is 8. The van der Waals surface area contributed by atoms with Crippen LogP contribution in [-0.2, 0) is 16.1 Å². The summed E-state index contributed by atoms with van der Waals surface area (Å²) in [5.41, 5.74) is 4.47. The molecule has 1 amide bonds. The van der Waals surface area contributed by atoms with Crippen molar-refractivity contribution in [3.8, 4) is 0 Å². The third-order valence-electron chi connectivity index (χ3n) is 4.74. The number of benzene rings is 2. The summed E-state index contributed by atoms with van der Waals surface area (Å²) in [6, 6.07) is 14.7. The molecule has 0 spiro atoms. The lowest BCUT2D eigenvalue weighted by Gasteiger charge is -2.06. The average molecular weight is 463 g/mol. The van der Waals surface area contributed by atoms with Crippen molar-refractivity contribution < 1.29 is 14.3 Å². The van der Waals surface area contributed by atoms with E-state index in [9.17, 15) is 9.59 Å². The molecule has 0 aliphatic heterocycles. The van der Waals surface area contributed by atoms with E-state index in [4.69, 9.17) is 4.74 Å². The van der Waals surface area contributed by atoms with Gasteiger partial charge in [0.25, 0.3) is 0 Å². The number of nitrogens with one attached hydrogen (secondary N) is 1. The van der Waals surface area contributed by atoms with Gasteiger partial charge >= 0.3 is 5.97 Å². The molecule has 0 radical (unpaired) electrons. The minimum Gasteiger partial charge on any atom is -0.462 e. The van der Waals surface area contributed by atoms with E-state index in [1.54, 1.807) is 35.9 Å². The van der Waals surface area contributed by atoms with Gasteiger partial charge in [-0.3, -0.25) is 4.79 Å². The Morgan fingerprint density at radius 3 is 2.55 bits per heavy atom. The van der Waals surface area contributed by atoms with Crippen molar-refractivity contribution in [3.05, 3.63) is 71.5 Å². The molecule has 0 saturated heterocycles. The molecule has 0 aliphatic rings. The Labute approximate surface area is 194 Å². The highest BCUT2D eigenvalue weighted by Gasteiger charge is 2.14. The maximum Gasteiger partial charge on any atom is 0.338 e. The van der Waals surface area contributed by atoms with Gasteiger partial charge in [-0.2, -0.15) is 0 Å². The molecule has 4 aromatic rings. The lowest BCUT2D eigenvalue weighted by Crippen LogP contribution is -2.14. The minimum absolute atomic E-state index is 0.135. The molecular formula is C23H22N6O3S. The third-order valence-corrected chi connectivity index (χ3v) is 5.72. The minimum atomic E-state index is -0.394. The lowest BCUT2D eigenvalue weighted by molar-refractivity contribution is -0.113. The van der Waals surface area contributed by atoms with E-state index in [1.165, 1.54) is 23.7 Å². The number of esters is 1. The second-order valence-corrected chi connectivity index (χ2v) is 8.18. The first-order valence-electron chi connectivity index (χ1n) is 10.3. The Balaban J connectivity index is 1.39. The van der Waals surface area contributed by atoms with Crippen molar-refractivity contribution in [2.24, 2.45) is 0 Å². The van der Waals surface area contributed by atoms with Gasteiger partial charge in [0.05, 0.1) is 24.5 Å². The zero-order chi connectivity index (χ0) is 23.2. The van der Waals surface area contributed by atoms with E-state index in [2.05, 4.69) is 25.6 Å². The van der Waals surface area contributed by atoms with E-state index in [0.29, 0.717) is 40.6 Å². The molecule has 0 unspecified atom stereocenters. The number of anilines is 1. The van der Waals surface area contributed by atoms with Crippen LogP contribution in [0.1, 0.15) is 28.4 Å². The van der Waals surface area contributed by atoms with E-state index in [1.807, 2.05) is 31.2 Å². The van der Waals surface area contributed by atoms with Gasteiger partial charge in [-0.15, -0.1) is 5.10 Å². The summed E-state index contributed by atoms with van der Waals surface area (Å²) in [5.74, 6) is -0.465. The van der Waals surface area contributed by atoms with Crippen LogP contribution in [0.15, 0.2) is 59.9 Å². The fourth-order valence-corrected chi connectivity index (χ4v) is 3.82. The van der Waals surface area contributed by atoms with Crippen molar-refractivity contribution in [1.29, 1.82) is 0 Å². The second-order valence-electron chi connectivity index (χ2n) is 7.22. The normalized spacial score (nSPS) is 10.8. The first kappa shape index (κ1) is 22.4. The SMILES string of the molecule is CCOC(=O)c1ccc(NC(=O)CSc2ncnc3c2nnn3Cc2ccc(C)cc2)cc1. The van der Waals surface area contributed by atoms with Crippen molar-refractivity contribution in [1.82, 2.24) is 25.0 Å². The summed E-state index contributed by atoms with van der Waals surface area (Å²) in [5, 5.41) is 11.8. The predicted octanol–water partition coefficient (Wildman–Crippen LogP) is 3.49. The first-order chi connectivity index (χ1) is 16.0. The molecule has 0 atom stereocenters. The van der Waals surface area contributed by atoms with Crippen LogP contribution in [0.2, 0.25) is 0 Å². The molecule has 168 valence electrons. The summed E-state index contributed by atoms with van der Waals surface area (Å²) in [6.45, 7) is 4.64. The smallest absolute Gasteiger partial charge is 0.338 e. The van der Waals surface area contributed by atoms with Crippen molar-refractivity contribution >= 4 is 40.5 Å². The van der Waals surface area contributed by atoms with Crippen LogP contribution in [0.4, 0.5) is 5.69 Å². The molecular weight excluding hydrogens is 440 g/mol. The highest BCUT2D eigenvalue weighted by Crippen LogP contribution is 2.23. The topological polar surface area (TPSA) is 112 Å². The highest BCUT2D eigenvalue weighted by atomic mass is 32.2. The molecule has 0 saturated carbocycles. The summed E-state index contributed by atoms with van der Waals surface area (Å²) in [6.07, 6.45) is 1.45. The van der Waals surface area contributed by atoms with Crippen LogP contribution in [0.3, 0.4) is 0 Å². The van der Waals surface area contributed by atoms with E-state index in [0.717, 1.165) is 5.56 Å². The maximum atomic E-state index is 12.4. The number of rotatable bonds is 8. The summed E-state index contributed by atoms with van der Waals surface area (Å²) < 4.78 is 6.68. The van der Waals surface area contributed by atoms with Crippen molar-refractivity contribution in [2.75, 3.05) is 17.7 Å². The zero-order valence-corrected chi connectivity index (χ0v) is 19.0. The number of hydrogen-bond donors (Lipinski definition) is 1. The van der Waals surface area contributed by atoms with Gasteiger partial charge in [-0.1, -0.05) is 46.8 Å². The molecule has 0 fully saturated rings. The number of aryl methyl sites for hydroxylation is 1. The quantitative estimate of drug-likeness (QED) is 0.241. The van der Waals surface area contributed by atoms with E-state index < -0.39 is 5.97 Å². The third kappa shape index (κ3) is 5.53. The van der Waals surface area contributed by atoms with Crippen LogP contribution in [0.5, 0.6) is 0 Å². The molecule has 9 nitrogen and oxygen atoms in total. The van der Waals surface area contributed by atoms with Gasteiger partial charge in [0, 0.05) is 5.69 Å². The van der Waals surface area contributed by atoms with Crippen molar-refractivity contribution in [2.45, 2.75) is 25.4 Å². The van der Waals surface area contributed by atoms with Crippen LogP contribution >= 0.6 is 11.8 Å². The molecule has 0 bridgehead atoms. The molecule has 2 aromatic heterocycles. The zero-order valence-electron chi connectivity index (χ0n) is 18.2. The number of ether oxygens (including phenoxy) is 1. The van der Waals surface area contributed by atoms with Crippen LogP contribution in [0.25, 0.3) is 11.2 Å². The molecule has 0 aliphatic carbocycles. The second kappa shape index (κ2) is 10.2. The fourth-order valence-electron chi connectivity index (χ4n) is 3.08. The summed E-state index contributed by atoms with van der Waals surface area (Å²) in [7, 11) is 0. The highest BCUT2D eigenvalue weighted by molar-refractivity contribution is 8.00. The van der Waals surface area contributed by atoms with E-state index in [-0.39, 0.29) is 11.7 Å². The maximum absolute atomic E-state index is 12.4. The molecule has 1 N–H and O–H groups in total. The number of fused-ring (bicyclic) bond motifs is 1. The van der Waals surface area contributed by atoms with Gasteiger partial charge < -0.3 is 10.1 Å². The Morgan fingerprint density at radius 1 is 1.06 bits per heavy atom. The van der Waals surface area contributed by atoms with Crippen LogP contribution in [-0.4, -0.2) is 49.2 Å². The van der Waals surface area contributed by atoms with Crippen LogP contribution in [0, 0.1) is 6.92 Å². The molecule has 2 heterocycles. The molecule has 33 heavy (non-hydrogen) atoms. The van der Waals surface area contributed by atoms with Gasteiger partial charge in [-0.25, -0.2) is 19.4 Å². The number of carbonyl (C=O) groups excluding carboxylic acids is 2. The number of aromatic nitrogens is 5. The Kier molecular flexibility index (Phi) is 6.94. The number of thioether (sulfide) groups is 1. The number of carbonyl (C=O) groups is 2. The molecule has 10 heteroatoms. The van der Waals surface area contributed by atoms with Gasteiger partial charge in [0.2, 0.25) is 5.91 Å². The van der Waals surface area contributed by atoms with Gasteiger partial charge in [0.1, 0.15) is 11.4 Å². The lowest BCUT2D eigenvalue weighted by atomic mass is 10.1. The summed E-state index contributed by atoms with van der Waals surface area (Å²) >= 11 is 1.26.